The van der Waals surface area contributed by atoms with E-state index in [0.717, 1.165) is 30.5 Å². The van der Waals surface area contributed by atoms with Crippen molar-refractivity contribution in [1.82, 2.24) is 9.97 Å². The fourth-order valence-corrected chi connectivity index (χ4v) is 3.35. The summed E-state index contributed by atoms with van der Waals surface area (Å²) in [5, 5.41) is 26.1. The Bertz CT molecular complexity index is 1580. The van der Waals surface area contributed by atoms with Crippen LogP contribution < -0.4 is 23.7 Å². The molecule has 2 aliphatic carbocycles. The van der Waals surface area contributed by atoms with Gasteiger partial charge in [-0.1, -0.05) is 0 Å². The maximum atomic E-state index is 12.6. The fraction of sp³-hybridized carbons (Fsp3) is 0.250. The van der Waals surface area contributed by atoms with Gasteiger partial charge in [0.15, 0.2) is 23.1 Å². The number of ether oxygens (including phenoxy) is 5. The predicted octanol–water partition coefficient (Wildman–Crippen LogP) is 6.33. The van der Waals surface area contributed by atoms with Crippen LogP contribution in [0.2, 0.25) is 0 Å². The normalized spacial score (nSPS) is 13.0. The predicted molar refractivity (Wildman–Crippen MR) is 153 cm³/mol. The maximum Gasteiger partial charge on any atom is 0.187 e. The molecular weight excluding hydrogens is 555 g/mol. The first kappa shape index (κ1) is 30.4. The Hall–Kier alpha value is -5.55. The van der Waals surface area contributed by atoms with E-state index in [4.69, 9.17) is 34.6 Å². The van der Waals surface area contributed by atoms with Crippen molar-refractivity contribution in [2.45, 2.75) is 37.9 Å². The summed E-state index contributed by atoms with van der Waals surface area (Å²) in [6.07, 6.45) is 7.84. The zero-order valence-corrected chi connectivity index (χ0v) is 23.6. The van der Waals surface area contributed by atoms with E-state index in [0.29, 0.717) is 29.5 Å². The van der Waals surface area contributed by atoms with Crippen LogP contribution in [0.15, 0.2) is 73.1 Å². The van der Waals surface area contributed by atoms with Crippen LogP contribution in [0.3, 0.4) is 0 Å². The number of hydrogen-bond donors (Lipinski definition) is 1. The Balaban J connectivity index is 0.000000162. The molecule has 0 aliphatic heterocycles. The van der Waals surface area contributed by atoms with Crippen molar-refractivity contribution in [2.75, 3.05) is 14.2 Å². The first-order valence-electron chi connectivity index (χ1n) is 13.3. The van der Waals surface area contributed by atoms with E-state index < -0.39 is 5.82 Å². The highest BCUT2D eigenvalue weighted by Crippen LogP contribution is 2.33. The van der Waals surface area contributed by atoms with Crippen LogP contribution >= 0.6 is 0 Å². The average molecular weight is 585 g/mol. The number of nitriles is 2. The number of nitrogens with zero attached hydrogens (tertiary/aromatic N) is 4. The molecule has 2 aliphatic rings. The Morgan fingerprint density at radius 1 is 0.698 bits per heavy atom. The number of phenols is 1. The van der Waals surface area contributed by atoms with Gasteiger partial charge in [-0.25, -0.2) is 14.4 Å². The summed E-state index contributed by atoms with van der Waals surface area (Å²) in [5.41, 5.74) is 0.427. The lowest BCUT2D eigenvalue weighted by molar-refractivity contribution is 0.302. The second kappa shape index (κ2) is 14.9. The van der Waals surface area contributed by atoms with Gasteiger partial charge >= 0.3 is 0 Å². The van der Waals surface area contributed by atoms with Crippen molar-refractivity contribution < 1.29 is 33.2 Å². The summed E-state index contributed by atoms with van der Waals surface area (Å²) < 4.78 is 39.3. The lowest BCUT2D eigenvalue weighted by Crippen LogP contribution is -1.96. The topological polar surface area (TPSA) is 140 Å². The number of aromatic hydroxyl groups is 1. The van der Waals surface area contributed by atoms with Crippen molar-refractivity contribution in [3.05, 3.63) is 90.3 Å². The number of pyridine rings is 2. The van der Waals surface area contributed by atoms with Gasteiger partial charge in [0.1, 0.15) is 46.5 Å². The second-order valence-electron chi connectivity index (χ2n) is 9.35. The van der Waals surface area contributed by atoms with E-state index in [1.807, 2.05) is 30.3 Å². The number of rotatable bonds is 8. The number of methoxy groups -OCH3 is 2. The third kappa shape index (κ3) is 9.80. The molecule has 2 saturated carbocycles. The smallest absolute Gasteiger partial charge is 0.187 e. The largest absolute Gasteiger partial charge is 0.508 e. The number of halogens is 1. The molecule has 0 atom stereocenters. The molecule has 0 spiro atoms. The van der Waals surface area contributed by atoms with Gasteiger partial charge in [-0.2, -0.15) is 10.5 Å². The summed E-state index contributed by atoms with van der Waals surface area (Å²) >= 11 is 0. The second-order valence-corrected chi connectivity index (χ2v) is 9.35. The molecule has 4 aromatic rings. The molecule has 0 unspecified atom stereocenters. The molecule has 2 fully saturated rings. The van der Waals surface area contributed by atoms with Gasteiger partial charge in [0, 0.05) is 12.1 Å². The van der Waals surface area contributed by atoms with Gasteiger partial charge < -0.3 is 28.8 Å². The highest BCUT2D eigenvalue weighted by molar-refractivity contribution is 5.45. The average Bonchev–Trinajstić information content (AvgIpc) is 3.98. The highest BCUT2D eigenvalue weighted by Gasteiger charge is 2.24. The molecule has 2 aromatic heterocycles. The van der Waals surface area contributed by atoms with Crippen LogP contribution in [0.4, 0.5) is 4.39 Å². The summed E-state index contributed by atoms with van der Waals surface area (Å²) in [7, 11) is 2.86. The monoisotopic (exact) mass is 584 g/mol. The van der Waals surface area contributed by atoms with Gasteiger partial charge in [0.25, 0.3) is 0 Å². The van der Waals surface area contributed by atoms with Crippen LogP contribution in [0.1, 0.15) is 37.1 Å². The molecule has 11 heteroatoms. The van der Waals surface area contributed by atoms with Crippen LogP contribution in [-0.4, -0.2) is 41.5 Å². The van der Waals surface area contributed by atoms with Crippen molar-refractivity contribution >= 4 is 0 Å². The van der Waals surface area contributed by atoms with Crippen molar-refractivity contribution in [1.29, 1.82) is 10.5 Å². The number of benzene rings is 2. The Morgan fingerprint density at radius 2 is 1.16 bits per heavy atom. The molecule has 2 aromatic carbocycles. The third-order valence-electron chi connectivity index (χ3n) is 5.86. The molecule has 1 N–H and O–H groups in total. The quantitative estimate of drug-likeness (QED) is 0.250. The maximum absolute atomic E-state index is 12.6. The summed E-state index contributed by atoms with van der Waals surface area (Å²) in [5.74, 6) is 3.05. The summed E-state index contributed by atoms with van der Waals surface area (Å²) in [6, 6.07) is 20.8. The Kier molecular flexibility index (Phi) is 10.5. The summed E-state index contributed by atoms with van der Waals surface area (Å²) in [6.45, 7) is 0. The van der Waals surface area contributed by atoms with Gasteiger partial charge in [-0.3, -0.25) is 0 Å². The van der Waals surface area contributed by atoms with E-state index >= 15 is 0 Å². The van der Waals surface area contributed by atoms with Crippen molar-refractivity contribution in [3.63, 3.8) is 0 Å². The van der Waals surface area contributed by atoms with Crippen molar-refractivity contribution in [2.24, 2.45) is 0 Å². The minimum absolute atomic E-state index is 0.0385. The third-order valence-corrected chi connectivity index (χ3v) is 5.86. The molecule has 0 radical (unpaired) electrons. The minimum Gasteiger partial charge on any atom is -0.508 e. The number of hydrogen-bond acceptors (Lipinski definition) is 10. The molecule has 2 heterocycles. The minimum atomic E-state index is -0.563. The first-order chi connectivity index (χ1) is 20.9. The SMILES string of the molecule is COc1cc(C#N)ncc1F.COc1cc(C#N)ncc1Oc1ccc(OC2CC2)cc1.Oc1ccc(OC2CC2)cc1. The molecule has 220 valence electrons. The number of phenolic OH excluding ortho intramolecular Hbond substituents is 1. The number of aromatic nitrogens is 2. The molecule has 6 rings (SSSR count). The Morgan fingerprint density at radius 3 is 1.65 bits per heavy atom. The van der Waals surface area contributed by atoms with Gasteiger partial charge in [0.05, 0.1) is 38.8 Å². The lowest BCUT2D eigenvalue weighted by atomic mass is 10.3. The molecule has 0 bridgehead atoms. The first-order valence-corrected chi connectivity index (χ1v) is 13.3. The zero-order valence-electron chi connectivity index (χ0n) is 23.6. The van der Waals surface area contributed by atoms with E-state index in [9.17, 15) is 4.39 Å². The van der Waals surface area contributed by atoms with Crippen LogP contribution in [0.5, 0.6) is 40.2 Å². The lowest BCUT2D eigenvalue weighted by Gasteiger charge is -2.10. The molecular formula is C32H29FN4O6. The molecule has 43 heavy (non-hydrogen) atoms. The Labute approximate surface area is 248 Å². The van der Waals surface area contributed by atoms with E-state index in [1.165, 1.54) is 39.3 Å². The van der Waals surface area contributed by atoms with E-state index in [2.05, 4.69) is 14.7 Å². The highest BCUT2D eigenvalue weighted by atomic mass is 19.1. The van der Waals surface area contributed by atoms with Gasteiger partial charge in [0.2, 0.25) is 0 Å². The molecule has 0 amide bonds. The summed E-state index contributed by atoms with van der Waals surface area (Å²) in [4.78, 5) is 7.47. The fourth-order valence-electron chi connectivity index (χ4n) is 3.35. The standard InChI is InChI=1S/C16H14N2O3.C9H10O2.C7H5FN2O/c1-19-15-8-11(9-17)18-10-16(15)21-14-6-4-13(5-7-14)20-12-2-3-12;10-7-1-3-8(4-2-7)11-9-5-6-9;1-11-7-2-5(3-9)10-4-6(7)8/h4-8,10,12H,2-3H2,1H3;1-4,9-10H,5-6H2;2,4H,1H3. The molecule has 0 saturated heterocycles. The van der Waals surface area contributed by atoms with Crippen molar-refractivity contribution in [3.8, 4) is 52.4 Å². The van der Waals surface area contributed by atoms with E-state index in [1.54, 1.807) is 36.4 Å². The van der Waals surface area contributed by atoms with E-state index in [-0.39, 0.29) is 22.9 Å². The van der Waals surface area contributed by atoms with Crippen LogP contribution in [0, 0.1) is 28.5 Å². The zero-order chi connectivity index (χ0) is 30.6. The van der Waals surface area contributed by atoms with Crippen LogP contribution in [-0.2, 0) is 0 Å². The van der Waals surface area contributed by atoms with Crippen LogP contribution in [0.25, 0.3) is 0 Å². The molecule has 10 nitrogen and oxygen atoms in total. The van der Waals surface area contributed by atoms with Gasteiger partial charge in [-0.05, 0) is 74.2 Å². The van der Waals surface area contributed by atoms with Gasteiger partial charge in [-0.15, -0.1) is 0 Å².